The fourth-order valence-corrected chi connectivity index (χ4v) is 2.28. The van der Waals surface area contributed by atoms with Gasteiger partial charge in [-0.25, -0.2) is 0 Å². The van der Waals surface area contributed by atoms with Gasteiger partial charge in [0, 0.05) is 10.6 Å². The summed E-state index contributed by atoms with van der Waals surface area (Å²) in [5.41, 5.74) is 9.74. The Balaban J connectivity index is 1.98. The Morgan fingerprint density at radius 2 is 2.09 bits per heavy atom. The van der Waals surface area contributed by atoms with Crippen LogP contribution < -0.4 is 5.32 Å². The molecule has 1 amide bonds. The minimum atomic E-state index is -0.759. The summed E-state index contributed by atoms with van der Waals surface area (Å²) in [7, 11) is 0. The number of esters is 1. The van der Waals surface area contributed by atoms with E-state index in [0.717, 1.165) is 18.4 Å². The number of hydrogen-bond acceptors (Lipinski definition) is 4. The summed E-state index contributed by atoms with van der Waals surface area (Å²) in [6.45, 7) is 2.26. The highest BCUT2D eigenvalue weighted by atomic mass is 16.5. The van der Waals surface area contributed by atoms with E-state index in [1.54, 1.807) is 31.2 Å². The molecular weight excluding hydrogens is 296 g/mol. The molecule has 1 aliphatic carbocycles. The van der Waals surface area contributed by atoms with Crippen molar-refractivity contribution in [2.45, 2.75) is 32.7 Å². The molecule has 1 aromatic carbocycles. The molecule has 23 heavy (non-hydrogen) atoms. The van der Waals surface area contributed by atoms with Crippen LogP contribution in [-0.4, -0.2) is 18.5 Å². The maximum absolute atomic E-state index is 12.4. The molecule has 0 spiro atoms. The molecule has 1 unspecified atom stereocenters. The van der Waals surface area contributed by atoms with Crippen LogP contribution in [0.15, 0.2) is 29.4 Å². The van der Waals surface area contributed by atoms with Crippen LogP contribution >= 0.6 is 0 Å². The highest BCUT2D eigenvalue weighted by Crippen LogP contribution is 2.36. The number of benzene rings is 1. The van der Waals surface area contributed by atoms with Gasteiger partial charge in [0.25, 0.3) is 0 Å². The summed E-state index contributed by atoms with van der Waals surface area (Å²) in [5.74, 6) is -1.11. The van der Waals surface area contributed by atoms with Crippen molar-refractivity contribution in [2.75, 3.05) is 11.9 Å². The molecule has 0 bridgehead atoms. The third-order valence-corrected chi connectivity index (χ3v) is 3.69. The predicted octanol–water partition coefficient (Wildman–Crippen LogP) is 3.41. The van der Waals surface area contributed by atoms with Crippen LogP contribution in [0, 0.1) is 11.8 Å². The lowest BCUT2D eigenvalue weighted by Gasteiger charge is -2.15. The third kappa shape index (κ3) is 5.30. The van der Waals surface area contributed by atoms with Crippen LogP contribution in [0.25, 0.3) is 10.4 Å². The molecule has 7 nitrogen and oxygen atoms in total. The first-order chi connectivity index (χ1) is 11.1. The van der Waals surface area contributed by atoms with Crippen LogP contribution in [0.5, 0.6) is 0 Å². The Hall–Kier alpha value is -2.53. The molecule has 1 N–H and O–H groups in total. The van der Waals surface area contributed by atoms with Gasteiger partial charge in [0.2, 0.25) is 5.91 Å². The Morgan fingerprint density at radius 1 is 1.39 bits per heavy atom. The lowest BCUT2D eigenvalue weighted by Crippen LogP contribution is -2.31. The van der Waals surface area contributed by atoms with E-state index in [1.807, 2.05) is 0 Å². The van der Waals surface area contributed by atoms with Crippen molar-refractivity contribution >= 4 is 17.6 Å². The normalized spacial score (nSPS) is 14.5. The van der Waals surface area contributed by atoms with E-state index >= 15 is 0 Å². The van der Waals surface area contributed by atoms with E-state index in [-0.39, 0.29) is 19.1 Å². The standard InChI is InChI=1S/C16H20N4O3/c1-2-23-16(22)14(9-11-3-4-11)15(21)19-13-7-5-12(6-8-13)10-18-20-17/h5-8,11,14H,2-4,9-10H2,1H3,(H,19,21). The van der Waals surface area contributed by atoms with Crippen molar-refractivity contribution in [1.29, 1.82) is 0 Å². The molecule has 1 fully saturated rings. The number of nitrogens with zero attached hydrogens (tertiary/aromatic N) is 3. The molecule has 0 aromatic heterocycles. The number of ether oxygens (including phenoxy) is 1. The molecule has 1 saturated carbocycles. The average molecular weight is 316 g/mol. The Morgan fingerprint density at radius 3 is 2.65 bits per heavy atom. The van der Waals surface area contributed by atoms with Gasteiger partial charge in [-0.1, -0.05) is 30.1 Å². The van der Waals surface area contributed by atoms with Crippen LogP contribution in [-0.2, 0) is 20.9 Å². The third-order valence-electron chi connectivity index (χ3n) is 3.69. The molecule has 0 radical (unpaired) electrons. The first-order valence-electron chi connectivity index (χ1n) is 7.71. The van der Waals surface area contributed by atoms with Crippen LogP contribution in [0.3, 0.4) is 0 Å². The molecule has 1 aliphatic rings. The molecule has 7 heteroatoms. The Labute approximate surface area is 134 Å². The maximum Gasteiger partial charge on any atom is 0.318 e. The summed E-state index contributed by atoms with van der Waals surface area (Å²) in [6, 6.07) is 6.98. The van der Waals surface area contributed by atoms with E-state index in [4.69, 9.17) is 10.3 Å². The number of rotatable bonds is 8. The molecular formula is C16H20N4O3. The summed E-state index contributed by atoms with van der Waals surface area (Å²) in [4.78, 5) is 27.1. The van der Waals surface area contributed by atoms with E-state index in [0.29, 0.717) is 18.0 Å². The molecule has 2 rings (SSSR count). The maximum atomic E-state index is 12.4. The highest BCUT2D eigenvalue weighted by molar-refractivity contribution is 6.04. The van der Waals surface area contributed by atoms with Crippen molar-refractivity contribution in [2.24, 2.45) is 17.0 Å². The Kier molecular flexibility index (Phi) is 6.00. The van der Waals surface area contributed by atoms with Crippen LogP contribution in [0.1, 0.15) is 31.7 Å². The molecule has 0 aliphatic heterocycles. The number of amides is 1. The molecule has 1 atom stereocenters. The van der Waals surface area contributed by atoms with Gasteiger partial charge in [0.15, 0.2) is 0 Å². The fourth-order valence-electron chi connectivity index (χ4n) is 2.28. The monoisotopic (exact) mass is 316 g/mol. The van der Waals surface area contributed by atoms with Crippen molar-refractivity contribution in [3.63, 3.8) is 0 Å². The van der Waals surface area contributed by atoms with E-state index in [9.17, 15) is 9.59 Å². The minimum Gasteiger partial charge on any atom is -0.465 e. The van der Waals surface area contributed by atoms with Gasteiger partial charge >= 0.3 is 5.97 Å². The number of carbonyl (C=O) groups is 2. The number of anilines is 1. The summed E-state index contributed by atoms with van der Waals surface area (Å²) in [5, 5.41) is 6.23. The lowest BCUT2D eigenvalue weighted by molar-refractivity contribution is -0.151. The van der Waals surface area contributed by atoms with Crippen LogP contribution in [0.2, 0.25) is 0 Å². The van der Waals surface area contributed by atoms with Gasteiger partial charge in [-0.05, 0) is 42.5 Å². The van der Waals surface area contributed by atoms with Gasteiger partial charge in [0.05, 0.1) is 13.2 Å². The highest BCUT2D eigenvalue weighted by Gasteiger charge is 2.35. The second kappa shape index (κ2) is 8.19. The summed E-state index contributed by atoms with van der Waals surface area (Å²) >= 11 is 0. The second-order valence-electron chi connectivity index (χ2n) is 5.56. The smallest absolute Gasteiger partial charge is 0.318 e. The van der Waals surface area contributed by atoms with E-state index in [1.165, 1.54) is 0 Å². The molecule has 1 aromatic rings. The topological polar surface area (TPSA) is 104 Å². The molecule has 0 saturated heterocycles. The number of nitrogens with one attached hydrogen (secondary N) is 1. The van der Waals surface area contributed by atoms with Crippen molar-refractivity contribution in [3.05, 3.63) is 40.3 Å². The SMILES string of the molecule is CCOC(=O)C(CC1CC1)C(=O)Nc1ccc(CN=[N+]=[N-])cc1. The van der Waals surface area contributed by atoms with Crippen molar-refractivity contribution in [3.8, 4) is 0 Å². The molecule has 0 heterocycles. The van der Waals surface area contributed by atoms with E-state index in [2.05, 4.69) is 15.3 Å². The zero-order valence-corrected chi connectivity index (χ0v) is 13.1. The van der Waals surface area contributed by atoms with Gasteiger partial charge < -0.3 is 10.1 Å². The first kappa shape index (κ1) is 16.8. The van der Waals surface area contributed by atoms with Crippen molar-refractivity contribution in [1.82, 2.24) is 0 Å². The van der Waals surface area contributed by atoms with Gasteiger partial charge in [-0.15, -0.1) is 0 Å². The second-order valence-corrected chi connectivity index (χ2v) is 5.56. The van der Waals surface area contributed by atoms with Crippen molar-refractivity contribution < 1.29 is 14.3 Å². The summed E-state index contributed by atoms with van der Waals surface area (Å²) < 4.78 is 5.01. The minimum absolute atomic E-state index is 0.262. The number of carbonyl (C=O) groups excluding carboxylic acids is 2. The summed E-state index contributed by atoms with van der Waals surface area (Å²) in [6.07, 6.45) is 2.67. The predicted molar refractivity (Wildman–Crippen MR) is 85.4 cm³/mol. The van der Waals surface area contributed by atoms with Gasteiger partial charge in [0.1, 0.15) is 5.92 Å². The zero-order chi connectivity index (χ0) is 16.7. The lowest BCUT2D eigenvalue weighted by atomic mass is 10.0. The Bertz CT molecular complexity index is 604. The van der Waals surface area contributed by atoms with E-state index < -0.39 is 11.9 Å². The quantitative estimate of drug-likeness (QED) is 0.261. The molecule has 122 valence electrons. The number of hydrogen-bond donors (Lipinski definition) is 1. The largest absolute Gasteiger partial charge is 0.465 e. The van der Waals surface area contributed by atoms with Gasteiger partial charge in [-0.2, -0.15) is 0 Å². The first-order valence-corrected chi connectivity index (χ1v) is 7.71. The zero-order valence-electron chi connectivity index (χ0n) is 13.1. The van der Waals surface area contributed by atoms with Gasteiger partial charge in [-0.3, -0.25) is 9.59 Å². The fraction of sp³-hybridized carbons (Fsp3) is 0.500. The number of azide groups is 1. The average Bonchev–Trinajstić information content (AvgIpc) is 3.36. The van der Waals surface area contributed by atoms with Crippen LogP contribution in [0.4, 0.5) is 5.69 Å².